The van der Waals surface area contributed by atoms with Crippen LogP contribution in [0.3, 0.4) is 0 Å². The fourth-order valence-corrected chi connectivity index (χ4v) is 1.94. The third-order valence-electron chi connectivity index (χ3n) is 2.78. The van der Waals surface area contributed by atoms with Gasteiger partial charge in [-0.15, -0.1) is 0 Å². The van der Waals surface area contributed by atoms with Crippen molar-refractivity contribution >= 4 is 5.91 Å². The van der Waals surface area contributed by atoms with Gasteiger partial charge in [0.2, 0.25) is 5.91 Å². The highest BCUT2D eigenvalue weighted by Crippen LogP contribution is 2.23. The summed E-state index contributed by atoms with van der Waals surface area (Å²) in [4.78, 5) is 13.3. The Kier molecular flexibility index (Phi) is 2.51. The molecule has 0 aromatic carbocycles. The fraction of sp³-hybridized carbons (Fsp3) is 0.889. The molecule has 2 atom stereocenters. The second-order valence-electron chi connectivity index (χ2n) is 3.76. The van der Waals surface area contributed by atoms with E-state index in [1.54, 1.807) is 4.90 Å². The summed E-state index contributed by atoms with van der Waals surface area (Å²) in [6, 6.07) is 0. The van der Waals surface area contributed by atoms with Gasteiger partial charge in [-0.05, 0) is 12.8 Å². The highest BCUT2D eigenvalue weighted by Gasteiger charge is 2.32. The van der Waals surface area contributed by atoms with Crippen LogP contribution >= 0.6 is 0 Å². The van der Waals surface area contributed by atoms with Crippen molar-refractivity contribution in [2.45, 2.75) is 18.9 Å². The maximum absolute atomic E-state index is 11.5. The molecule has 2 rings (SSSR count). The van der Waals surface area contributed by atoms with Crippen molar-refractivity contribution in [3.8, 4) is 0 Å². The van der Waals surface area contributed by atoms with Crippen LogP contribution < -0.4 is 0 Å². The summed E-state index contributed by atoms with van der Waals surface area (Å²) >= 11 is 0. The van der Waals surface area contributed by atoms with Crippen molar-refractivity contribution in [3.05, 3.63) is 0 Å². The molecule has 0 bridgehead atoms. The number of rotatable bonds is 2. The molecule has 2 aliphatic rings. The van der Waals surface area contributed by atoms with Crippen LogP contribution in [-0.2, 0) is 14.3 Å². The van der Waals surface area contributed by atoms with E-state index in [2.05, 4.69) is 0 Å². The van der Waals surface area contributed by atoms with Crippen LogP contribution in [0.4, 0.5) is 0 Å². The Bertz CT molecular complexity index is 201. The number of hydrogen-bond donors (Lipinski definition) is 0. The van der Waals surface area contributed by atoms with Gasteiger partial charge in [0.25, 0.3) is 0 Å². The van der Waals surface area contributed by atoms with Crippen molar-refractivity contribution in [2.24, 2.45) is 5.92 Å². The Morgan fingerprint density at radius 2 is 2.46 bits per heavy atom. The Morgan fingerprint density at radius 3 is 3.00 bits per heavy atom. The van der Waals surface area contributed by atoms with Gasteiger partial charge in [-0.2, -0.15) is 0 Å². The molecule has 2 unspecified atom stereocenters. The summed E-state index contributed by atoms with van der Waals surface area (Å²) < 4.78 is 10.4. The number of hydrogen-bond acceptors (Lipinski definition) is 3. The molecular formula is C9H15NO3. The van der Waals surface area contributed by atoms with Crippen molar-refractivity contribution in [3.63, 3.8) is 0 Å². The fourth-order valence-electron chi connectivity index (χ4n) is 1.94. The summed E-state index contributed by atoms with van der Waals surface area (Å²) in [5.74, 6) is 0.423. The largest absolute Gasteiger partial charge is 0.353 e. The standard InChI is InChI=1S/C9H15NO3/c1-10-3-2-7(9(10)11)4-8-5-12-6-13-8/h7-8H,2-6H2,1H3. The highest BCUT2D eigenvalue weighted by atomic mass is 16.7. The quantitative estimate of drug-likeness (QED) is 0.618. The first kappa shape index (κ1) is 8.97. The highest BCUT2D eigenvalue weighted by molar-refractivity contribution is 5.80. The van der Waals surface area contributed by atoms with Gasteiger partial charge >= 0.3 is 0 Å². The lowest BCUT2D eigenvalue weighted by atomic mass is 10.0. The van der Waals surface area contributed by atoms with Crippen LogP contribution in [0, 0.1) is 5.92 Å². The molecule has 1 amide bonds. The molecule has 2 heterocycles. The van der Waals surface area contributed by atoms with Gasteiger partial charge in [0.05, 0.1) is 12.7 Å². The number of amides is 1. The normalized spacial score (nSPS) is 34.5. The molecule has 4 heteroatoms. The molecule has 2 saturated heterocycles. The van der Waals surface area contributed by atoms with Gasteiger partial charge in [0, 0.05) is 19.5 Å². The van der Waals surface area contributed by atoms with Crippen LogP contribution in [0.15, 0.2) is 0 Å². The van der Waals surface area contributed by atoms with E-state index in [0.29, 0.717) is 13.4 Å². The lowest BCUT2D eigenvalue weighted by molar-refractivity contribution is -0.130. The van der Waals surface area contributed by atoms with Crippen molar-refractivity contribution < 1.29 is 14.3 Å². The van der Waals surface area contributed by atoms with E-state index in [9.17, 15) is 4.79 Å². The summed E-state index contributed by atoms with van der Waals surface area (Å²) in [6.45, 7) is 1.92. The molecule has 0 N–H and O–H groups in total. The second-order valence-corrected chi connectivity index (χ2v) is 3.76. The van der Waals surface area contributed by atoms with E-state index in [-0.39, 0.29) is 17.9 Å². The Balaban J connectivity index is 1.84. The first-order valence-electron chi connectivity index (χ1n) is 4.71. The van der Waals surface area contributed by atoms with E-state index >= 15 is 0 Å². The van der Waals surface area contributed by atoms with Crippen LogP contribution in [0.1, 0.15) is 12.8 Å². The Morgan fingerprint density at radius 1 is 1.62 bits per heavy atom. The first-order valence-corrected chi connectivity index (χ1v) is 4.71. The molecule has 74 valence electrons. The molecular weight excluding hydrogens is 170 g/mol. The molecule has 0 aromatic rings. The maximum Gasteiger partial charge on any atom is 0.225 e. The summed E-state index contributed by atoms with van der Waals surface area (Å²) in [6.07, 6.45) is 1.93. The zero-order chi connectivity index (χ0) is 9.26. The van der Waals surface area contributed by atoms with Crippen LogP contribution in [-0.4, -0.2) is 43.9 Å². The van der Waals surface area contributed by atoms with E-state index in [0.717, 1.165) is 19.4 Å². The van der Waals surface area contributed by atoms with Crippen LogP contribution in [0.25, 0.3) is 0 Å². The molecule has 0 aliphatic carbocycles. The predicted octanol–water partition coefficient (Wildman–Crippen LogP) is 0.228. The Hall–Kier alpha value is -0.610. The minimum Gasteiger partial charge on any atom is -0.353 e. The van der Waals surface area contributed by atoms with E-state index < -0.39 is 0 Å². The summed E-state index contributed by atoms with van der Waals surface area (Å²) in [5, 5.41) is 0. The number of carbonyl (C=O) groups is 1. The molecule has 4 nitrogen and oxygen atoms in total. The van der Waals surface area contributed by atoms with Gasteiger partial charge in [-0.25, -0.2) is 0 Å². The summed E-state index contributed by atoms with van der Waals surface area (Å²) in [7, 11) is 1.86. The minimum absolute atomic E-state index is 0.139. The number of likely N-dealkylation sites (tertiary alicyclic amines) is 1. The summed E-state index contributed by atoms with van der Waals surface area (Å²) in [5.41, 5.74) is 0. The Labute approximate surface area is 77.8 Å². The molecule has 0 spiro atoms. The zero-order valence-corrected chi connectivity index (χ0v) is 7.86. The predicted molar refractivity (Wildman–Crippen MR) is 46.1 cm³/mol. The van der Waals surface area contributed by atoms with Gasteiger partial charge in [-0.1, -0.05) is 0 Å². The molecule has 0 aromatic heterocycles. The van der Waals surface area contributed by atoms with Gasteiger partial charge in [-0.3, -0.25) is 4.79 Å². The number of carbonyl (C=O) groups excluding carboxylic acids is 1. The zero-order valence-electron chi connectivity index (χ0n) is 7.86. The molecule has 0 radical (unpaired) electrons. The van der Waals surface area contributed by atoms with Gasteiger partial charge in [0.1, 0.15) is 6.79 Å². The first-order chi connectivity index (χ1) is 6.27. The minimum atomic E-state index is 0.139. The molecule has 2 fully saturated rings. The van der Waals surface area contributed by atoms with Gasteiger partial charge < -0.3 is 14.4 Å². The smallest absolute Gasteiger partial charge is 0.225 e. The van der Waals surface area contributed by atoms with Gasteiger partial charge in [0.15, 0.2) is 0 Å². The molecule has 0 saturated carbocycles. The third kappa shape index (κ3) is 1.84. The van der Waals surface area contributed by atoms with Crippen LogP contribution in [0.2, 0.25) is 0 Å². The lowest BCUT2D eigenvalue weighted by Crippen LogP contribution is -2.25. The third-order valence-corrected chi connectivity index (χ3v) is 2.78. The average Bonchev–Trinajstić information content (AvgIpc) is 2.71. The van der Waals surface area contributed by atoms with Crippen molar-refractivity contribution in [1.82, 2.24) is 4.90 Å². The average molecular weight is 185 g/mol. The number of ether oxygens (including phenoxy) is 2. The monoisotopic (exact) mass is 185 g/mol. The van der Waals surface area contributed by atoms with E-state index in [1.165, 1.54) is 0 Å². The van der Waals surface area contributed by atoms with Crippen LogP contribution in [0.5, 0.6) is 0 Å². The molecule has 2 aliphatic heterocycles. The molecule has 13 heavy (non-hydrogen) atoms. The second kappa shape index (κ2) is 3.64. The SMILES string of the molecule is CN1CCC(CC2COCO2)C1=O. The van der Waals surface area contributed by atoms with Crippen molar-refractivity contribution in [2.75, 3.05) is 27.0 Å². The van der Waals surface area contributed by atoms with E-state index in [4.69, 9.17) is 9.47 Å². The van der Waals surface area contributed by atoms with E-state index in [1.807, 2.05) is 7.05 Å². The number of nitrogens with zero attached hydrogens (tertiary/aromatic N) is 1. The lowest BCUT2D eigenvalue weighted by Gasteiger charge is -2.12. The van der Waals surface area contributed by atoms with Crippen molar-refractivity contribution in [1.29, 1.82) is 0 Å². The maximum atomic E-state index is 11.5. The topological polar surface area (TPSA) is 38.8 Å².